The van der Waals surface area contributed by atoms with Gasteiger partial charge in [0, 0.05) is 36.6 Å². The second-order valence-electron chi connectivity index (χ2n) is 5.69. The lowest BCUT2D eigenvalue weighted by atomic mass is 10.0. The highest BCUT2D eigenvalue weighted by atomic mass is 35.5. The van der Waals surface area contributed by atoms with Gasteiger partial charge in [-0.05, 0) is 30.3 Å². The maximum Gasteiger partial charge on any atom is 0.130 e. The van der Waals surface area contributed by atoms with Crippen LogP contribution in [0.4, 0.5) is 0 Å². The summed E-state index contributed by atoms with van der Waals surface area (Å²) in [6.07, 6.45) is 3.45. The zero-order valence-corrected chi connectivity index (χ0v) is 15.7. The summed E-state index contributed by atoms with van der Waals surface area (Å²) in [5.41, 5.74) is 3.13. The Morgan fingerprint density at radius 3 is 2.78 bits per heavy atom. The van der Waals surface area contributed by atoms with Crippen molar-refractivity contribution < 1.29 is 9.47 Å². The molecule has 0 unspecified atom stereocenters. The average Bonchev–Trinajstić information content (AvgIpc) is 2.69. The predicted octanol–water partition coefficient (Wildman–Crippen LogP) is 3.95. The molecule has 138 valence electrons. The lowest BCUT2D eigenvalue weighted by molar-refractivity contribution is 0.369. The Morgan fingerprint density at radius 2 is 2.00 bits per heavy atom. The van der Waals surface area contributed by atoms with Gasteiger partial charge in [0.25, 0.3) is 0 Å². The number of aromatic nitrogens is 2. The number of methoxy groups -OCH3 is 1. The molecule has 0 bridgehead atoms. The van der Waals surface area contributed by atoms with Crippen LogP contribution in [0.2, 0.25) is 5.15 Å². The summed E-state index contributed by atoms with van der Waals surface area (Å²) in [4.78, 5) is 8.70. The molecule has 0 spiro atoms. The van der Waals surface area contributed by atoms with Gasteiger partial charge in [-0.25, -0.2) is 4.98 Å². The first-order chi connectivity index (χ1) is 13.1. The molecule has 0 amide bonds. The third-order valence-corrected chi connectivity index (χ3v) is 4.06. The molecule has 0 atom stereocenters. The summed E-state index contributed by atoms with van der Waals surface area (Å²) in [5, 5.41) is 11.8. The molecule has 0 aliphatic carbocycles. The standard InChI is InChI=1S/C20H19ClN4O2/c1-23-11-16(13-8-19-18(24-10-13)6-7-20(21)25-19)17(22)12-27-15-5-3-4-14(9-15)26-2/h3-11,22-23H,12H2,1-2H3/b16-11-,22-17?. The molecule has 2 heterocycles. The fourth-order valence-corrected chi connectivity index (χ4v) is 2.70. The molecule has 3 rings (SSSR count). The van der Waals surface area contributed by atoms with Crippen LogP contribution in [0.3, 0.4) is 0 Å². The van der Waals surface area contributed by atoms with Crippen LogP contribution in [0.25, 0.3) is 16.6 Å². The first-order valence-electron chi connectivity index (χ1n) is 8.25. The summed E-state index contributed by atoms with van der Waals surface area (Å²) in [7, 11) is 3.38. The van der Waals surface area contributed by atoms with Crippen LogP contribution in [-0.4, -0.2) is 36.4 Å². The number of hydrogen-bond donors (Lipinski definition) is 2. The van der Waals surface area contributed by atoms with E-state index in [-0.39, 0.29) is 6.61 Å². The number of fused-ring (bicyclic) bond motifs is 1. The molecule has 7 heteroatoms. The smallest absolute Gasteiger partial charge is 0.130 e. The van der Waals surface area contributed by atoms with E-state index < -0.39 is 0 Å². The summed E-state index contributed by atoms with van der Waals surface area (Å²) in [6, 6.07) is 12.6. The molecule has 0 radical (unpaired) electrons. The molecular formula is C20H19ClN4O2. The maximum atomic E-state index is 8.45. The van der Waals surface area contributed by atoms with Crippen molar-refractivity contribution in [2.24, 2.45) is 0 Å². The minimum Gasteiger partial charge on any atom is -0.497 e. The van der Waals surface area contributed by atoms with Crippen LogP contribution in [0.5, 0.6) is 11.5 Å². The van der Waals surface area contributed by atoms with Crippen LogP contribution in [0.1, 0.15) is 5.56 Å². The molecule has 0 fully saturated rings. The van der Waals surface area contributed by atoms with E-state index in [0.29, 0.717) is 33.5 Å². The molecule has 0 aliphatic rings. The van der Waals surface area contributed by atoms with Gasteiger partial charge in [0.1, 0.15) is 23.3 Å². The maximum absolute atomic E-state index is 8.45. The lowest BCUT2D eigenvalue weighted by Crippen LogP contribution is -2.14. The molecule has 0 aliphatic heterocycles. The van der Waals surface area contributed by atoms with E-state index >= 15 is 0 Å². The quantitative estimate of drug-likeness (QED) is 0.477. The number of nitrogens with zero attached hydrogens (tertiary/aromatic N) is 2. The first-order valence-corrected chi connectivity index (χ1v) is 8.63. The fourth-order valence-electron chi connectivity index (χ4n) is 2.54. The molecule has 0 saturated heterocycles. The van der Waals surface area contributed by atoms with Gasteiger partial charge in [-0.3, -0.25) is 4.98 Å². The van der Waals surface area contributed by atoms with Crippen LogP contribution >= 0.6 is 11.6 Å². The van der Waals surface area contributed by atoms with Crippen molar-refractivity contribution in [2.45, 2.75) is 0 Å². The van der Waals surface area contributed by atoms with Crippen LogP contribution in [0, 0.1) is 5.41 Å². The second-order valence-corrected chi connectivity index (χ2v) is 6.08. The van der Waals surface area contributed by atoms with Crippen molar-refractivity contribution in [3.05, 3.63) is 65.6 Å². The summed E-state index contributed by atoms with van der Waals surface area (Å²) >= 11 is 5.98. The molecule has 3 aromatic rings. The van der Waals surface area contributed by atoms with Crippen molar-refractivity contribution >= 4 is 33.9 Å². The monoisotopic (exact) mass is 382 g/mol. The Hall–Kier alpha value is -3.12. The summed E-state index contributed by atoms with van der Waals surface area (Å²) in [5.74, 6) is 1.33. The number of rotatable bonds is 7. The number of ether oxygens (including phenoxy) is 2. The van der Waals surface area contributed by atoms with E-state index in [1.54, 1.807) is 38.7 Å². The largest absolute Gasteiger partial charge is 0.497 e. The lowest BCUT2D eigenvalue weighted by Gasteiger charge is -2.12. The third kappa shape index (κ3) is 4.54. The Bertz CT molecular complexity index is 1000. The van der Waals surface area contributed by atoms with E-state index in [4.69, 9.17) is 26.5 Å². The first kappa shape index (κ1) is 18.7. The minimum absolute atomic E-state index is 0.0989. The Morgan fingerprint density at radius 1 is 1.19 bits per heavy atom. The summed E-state index contributed by atoms with van der Waals surface area (Å²) in [6.45, 7) is 0.0989. The fraction of sp³-hybridized carbons (Fsp3) is 0.150. The van der Waals surface area contributed by atoms with Gasteiger partial charge >= 0.3 is 0 Å². The van der Waals surface area contributed by atoms with Gasteiger partial charge in [0.05, 0.1) is 23.9 Å². The predicted molar refractivity (Wildman–Crippen MR) is 108 cm³/mol. The van der Waals surface area contributed by atoms with Crippen molar-refractivity contribution in [3.63, 3.8) is 0 Å². The second kappa shape index (κ2) is 8.51. The van der Waals surface area contributed by atoms with E-state index in [9.17, 15) is 0 Å². The van der Waals surface area contributed by atoms with Crippen molar-refractivity contribution in [1.82, 2.24) is 15.3 Å². The van der Waals surface area contributed by atoms with Gasteiger partial charge in [-0.2, -0.15) is 0 Å². The minimum atomic E-state index is 0.0989. The van der Waals surface area contributed by atoms with Crippen molar-refractivity contribution in [2.75, 3.05) is 20.8 Å². The number of halogens is 1. The molecule has 1 aromatic carbocycles. The van der Waals surface area contributed by atoms with Gasteiger partial charge < -0.3 is 20.2 Å². The van der Waals surface area contributed by atoms with E-state index in [1.807, 2.05) is 30.3 Å². The van der Waals surface area contributed by atoms with Crippen molar-refractivity contribution in [3.8, 4) is 11.5 Å². The Labute approximate surface area is 162 Å². The van der Waals surface area contributed by atoms with Crippen molar-refractivity contribution in [1.29, 1.82) is 5.41 Å². The van der Waals surface area contributed by atoms with Crippen LogP contribution in [0.15, 0.2) is 54.9 Å². The molecule has 27 heavy (non-hydrogen) atoms. The molecular weight excluding hydrogens is 364 g/mol. The number of nitrogens with one attached hydrogen (secondary N) is 2. The summed E-state index contributed by atoms with van der Waals surface area (Å²) < 4.78 is 10.9. The zero-order chi connectivity index (χ0) is 19.2. The van der Waals surface area contributed by atoms with Gasteiger partial charge in [-0.1, -0.05) is 17.7 Å². The topological polar surface area (TPSA) is 80.1 Å². The van der Waals surface area contributed by atoms with E-state index in [1.165, 1.54) is 0 Å². The average molecular weight is 383 g/mol. The normalized spacial score (nSPS) is 11.3. The van der Waals surface area contributed by atoms with E-state index in [0.717, 1.165) is 11.1 Å². The number of hydrogen-bond acceptors (Lipinski definition) is 6. The third-order valence-electron chi connectivity index (χ3n) is 3.85. The van der Waals surface area contributed by atoms with Gasteiger partial charge in [0.15, 0.2) is 0 Å². The van der Waals surface area contributed by atoms with Gasteiger partial charge in [-0.15, -0.1) is 0 Å². The van der Waals surface area contributed by atoms with E-state index in [2.05, 4.69) is 15.3 Å². The molecule has 0 saturated carbocycles. The highest BCUT2D eigenvalue weighted by molar-refractivity contribution is 6.29. The Kier molecular flexibility index (Phi) is 5.88. The number of benzene rings is 1. The number of pyridine rings is 2. The molecule has 2 aromatic heterocycles. The molecule has 6 nitrogen and oxygen atoms in total. The Balaban J connectivity index is 1.82. The highest BCUT2D eigenvalue weighted by Gasteiger charge is 2.12. The van der Waals surface area contributed by atoms with Gasteiger partial charge in [0.2, 0.25) is 0 Å². The zero-order valence-electron chi connectivity index (χ0n) is 15.0. The van der Waals surface area contributed by atoms with Crippen LogP contribution < -0.4 is 14.8 Å². The molecule has 2 N–H and O–H groups in total. The SMILES string of the molecule is CN/C=C(\C(=N)COc1cccc(OC)c1)c1cnc2ccc(Cl)nc2c1. The highest BCUT2D eigenvalue weighted by Crippen LogP contribution is 2.22. The van der Waals surface area contributed by atoms with Crippen LogP contribution in [-0.2, 0) is 0 Å².